The van der Waals surface area contributed by atoms with Crippen molar-refractivity contribution in [2.45, 2.75) is 289 Å². The summed E-state index contributed by atoms with van der Waals surface area (Å²) in [5.74, 6) is -0.177. The molecule has 8 nitrogen and oxygen atoms in total. The predicted molar refractivity (Wildman–Crippen MR) is 279 cm³/mol. The molecular weight excluding hydrogens is 828 g/mol. The molecule has 0 aromatic rings. The number of phosphoric acid groups is 1. The summed E-state index contributed by atoms with van der Waals surface area (Å²) in [4.78, 5) is 25.4. The van der Waals surface area contributed by atoms with Crippen LogP contribution in [0.3, 0.4) is 0 Å². The van der Waals surface area contributed by atoms with E-state index >= 15 is 0 Å². The van der Waals surface area contributed by atoms with Gasteiger partial charge >= 0.3 is 0 Å². The lowest BCUT2D eigenvalue weighted by molar-refractivity contribution is -0.870. The summed E-state index contributed by atoms with van der Waals surface area (Å²) in [5, 5.41) is 14.0. The quantitative estimate of drug-likeness (QED) is 0.0272. The van der Waals surface area contributed by atoms with Crippen molar-refractivity contribution in [2.24, 2.45) is 0 Å². The number of rotatable bonds is 52. The van der Waals surface area contributed by atoms with Gasteiger partial charge < -0.3 is 28.8 Å². The Labute approximate surface area is 404 Å². The minimum atomic E-state index is -4.57. The maximum absolute atomic E-state index is 12.9. The van der Waals surface area contributed by atoms with Crippen LogP contribution in [-0.4, -0.2) is 68.5 Å². The maximum atomic E-state index is 12.9. The van der Waals surface area contributed by atoms with Gasteiger partial charge in [-0.15, -0.1) is 0 Å². The first-order valence-corrected chi connectivity index (χ1v) is 29.6. The average Bonchev–Trinajstić information content (AvgIpc) is 3.26. The number of nitrogens with one attached hydrogen (secondary N) is 1. The Kier molecular flexibility index (Phi) is 47.3. The van der Waals surface area contributed by atoms with Gasteiger partial charge in [0.1, 0.15) is 13.2 Å². The van der Waals surface area contributed by atoms with E-state index in [0.29, 0.717) is 23.9 Å². The van der Waals surface area contributed by atoms with Gasteiger partial charge in [0.05, 0.1) is 39.9 Å². The lowest BCUT2D eigenvalue weighted by atomic mass is 10.0. The van der Waals surface area contributed by atoms with E-state index in [2.05, 4.69) is 43.5 Å². The van der Waals surface area contributed by atoms with Crippen molar-refractivity contribution in [3.8, 4) is 0 Å². The standard InChI is InChI=1S/C56H111N2O6P/c1-6-8-10-12-14-16-18-20-21-22-23-24-25-26-27-28-29-30-31-32-33-34-35-36-38-39-41-43-45-47-49-55(59)54(53-64-65(61,62)63-52-51-58(3,4)5)57-56(60)50-48-46-44-42-40-37-19-17-15-13-11-9-7-2/h11,13,17,19,54-55,59H,6-10,12,14-16,18,20-53H2,1-5H3,(H-,57,60,61,62)/b13-11-,19-17-. The van der Waals surface area contributed by atoms with E-state index in [4.69, 9.17) is 9.05 Å². The number of allylic oxidation sites excluding steroid dienone is 4. The third-order valence-corrected chi connectivity index (χ3v) is 13.9. The number of hydrogen-bond acceptors (Lipinski definition) is 6. The molecule has 3 atom stereocenters. The van der Waals surface area contributed by atoms with Crippen molar-refractivity contribution in [2.75, 3.05) is 40.9 Å². The Bertz CT molecular complexity index is 1110. The van der Waals surface area contributed by atoms with Crippen LogP contribution < -0.4 is 10.2 Å². The molecule has 0 radical (unpaired) electrons. The van der Waals surface area contributed by atoms with Crippen LogP contribution in [-0.2, 0) is 18.4 Å². The highest BCUT2D eigenvalue weighted by Crippen LogP contribution is 2.38. The van der Waals surface area contributed by atoms with E-state index in [0.717, 1.165) is 70.6 Å². The molecular formula is C56H111N2O6P. The molecule has 3 unspecified atom stereocenters. The molecule has 0 aromatic carbocycles. The molecule has 0 fully saturated rings. The molecule has 0 heterocycles. The van der Waals surface area contributed by atoms with Gasteiger partial charge in [0, 0.05) is 6.42 Å². The van der Waals surface area contributed by atoms with Gasteiger partial charge in [0.15, 0.2) is 0 Å². The fourth-order valence-corrected chi connectivity index (χ4v) is 9.22. The monoisotopic (exact) mass is 939 g/mol. The molecule has 0 saturated heterocycles. The molecule has 0 rings (SSSR count). The van der Waals surface area contributed by atoms with E-state index in [1.165, 1.54) is 180 Å². The lowest BCUT2D eigenvalue weighted by Gasteiger charge is -2.30. The number of carbonyl (C=O) groups is 1. The van der Waals surface area contributed by atoms with Crippen LogP contribution in [0.2, 0.25) is 0 Å². The number of likely N-dealkylation sites (N-methyl/N-ethyl adjacent to an activating group) is 1. The number of hydrogen-bond donors (Lipinski definition) is 2. The number of quaternary nitrogens is 1. The van der Waals surface area contributed by atoms with Crippen LogP contribution in [0, 0.1) is 0 Å². The third-order valence-electron chi connectivity index (χ3n) is 12.9. The number of phosphoric ester groups is 1. The first-order chi connectivity index (χ1) is 31.5. The van der Waals surface area contributed by atoms with Gasteiger partial charge in [0.2, 0.25) is 5.91 Å². The summed E-state index contributed by atoms with van der Waals surface area (Å²) in [6, 6.07) is -0.806. The van der Waals surface area contributed by atoms with Crippen molar-refractivity contribution in [3.05, 3.63) is 24.3 Å². The summed E-state index contributed by atoms with van der Waals surface area (Å²) >= 11 is 0. The van der Waals surface area contributed by atoms with Crippen molar-refractivity contribution >= 4 is 13.7 Å². The lowest BCUT2D eigenvalue weighted by Crippen LogP contribution is -2.46. The zero-order chi connectivity index (χ0) is 47.8. The number of aliphatic hydroxyl groups excluding tert-OH is 1. The van der Waals surface area contributed by atoms with Crippen LogP contribution >= 0.6 is 7.82 Å². The van der Waals surface area contributed by atoms with Gasteiger partial charge in [-0.25, -0.2) is 0 Å². The van der Waals surface area contributed by atoms with Crippen LogP contribution in [0.4, 0.5) is 0 Å². The highest BCUT2D eigenvalue weighted by atomic mass is 31.2. The molecule has 0 aromatic heterocycles. The average molecular weight is 939 g/mol. The Hall–Kier alpha value is -1.02. The highest BCUT2D eigenvalue weighted by Gasteiger charge is 2.24. The molecule has 9 heteroatoms. The van der Waals surface area contributed by atoms with E-state index in [1.807, 2.05) is 21.1 Å². The first kappa shape index (κ1) is 64.0. The van der Waals surface area contributed by atoms with Crippen molar-refractivity contribution in [1.29, 1.82) is 0 Å². The zero-order valence-corrected chi connectivity index (χ0v) is 44.9. The molecule has 65 heavy (non-hydrogen) atoms. The SMILES string of the molecule is CCC/C=C\C/C=C\CCCCCCCC(=O)NC(COP(=O)([O-])OCC[N+](C)(C)C)C(O)CCCCCCCCCCCCCCCCCCCCCCCCCCCCCCCC. The van der Waals surface area contributed by atoms with Gasteiger partial charge in [0.25, 0.3) is 7.82 Å². The molecule has 2 N–H and O–H groups in total. The molecule has 386 valence electrons. The van der Waals surface area contributed by atoms with Crippen molar-refractivity contribution in [3.63, 3.8) is 0 Å². The number of nitrogens with zero attached hydrogens (tertiary/aromatic N) is 1. The summed E-state index contributed by atoms with van der Waals surface area (Å²) in [6.45, 7) is 4.67. The minimum absolute atomic E-state index is 0.0101. The van der Waals surface area contributed by atoms with Crippen molar-refractivity contribution in [1.82, 2.24) is 5.32 Å². The van der Waals surface area contributed by atoms with Gasteiger partial charge in [-0.05, 0) is 38.5 Å². The minimum Gasteiger partial charge on any atom is -0.756 e. The number of amides is 1. The normalized spacial score (nSPS) is 14.1. The smallest absolute Gasteiger partial charge is 0.268 e. The number of aliphatic hydroxyl groups is 1. The Morgan fingerprint density at radius 3 is 1.34 bits per heavy atom. The van der Waals surface area contributed by atoms with E-state index in [-0.39, 0.29) is 19.1 Å². The van der Waals surface area contributed by atoms with Gasteiger partial charge in [-0.2, -0.15) is 0 Å². The maximum Gasteiger partial charge on any atom is 0.268 e. The molecule has 0 aliphatic heterocycles. The second-order valence-corrected chi connectivity index (χ2v) is 22.1. The third kappa shape index (κ3) is 50.7. The van der Waals surface area contributed by atoms with Crippen LogP contribution in [0.15, 0.2) is 24.3 Å². The van der Waals surface area contributed by atoms with Crippen LogP contribution in [0.25, 0.3) is 0 Å². The fraction of sp³-hybridized carbons (Fsp3) is 0.911. The summed E-state index contributed by atoms with van der Waals surface area (Å²) in [5.41, 5.74) is 0. The summed E-state index contributed by atoms with van der Waals surface area (Å²) in [6.07, 6.45) is 59.4. The summed E-state index contributed by atoms with van der Waals surface area (Å²) < 4.78 is 23.4. The number of carbonyl (C=O) groups excluding carboxylic acids is 1. The second-order valence-electron chi connectivity index (χ2n) is 20.6. The zero-order valence-electron chi connectivity index (χ0n) is 44.0. The topological polar surface area (TPSA) is 108 Å². The van der Waals surface area contributed by atoms with Crippen LogP contribution in [0.5, 0.6) is 0 Å². The highest BCUT2D eigenvalue weighted by molar-refractivity contribution is 7.45. The van der Waals surface area contributed by atoms with E-state index in [1.54, 1.807) is 0 Å². The van der Waals surface area contributed by atoms with E-state index < -0.39 is 20.0 Å². The van der Waals surface area contributed by atoms with Gasteiger partial charge in [-0.1, -0.05) is 256 Å². The van der Waals surface area contributed by atoms with Gasteiger partial charge in [-0.3, -0.25) is 9.36 Å². The molecule has 1 amide bonds. The van der Waals surface area contributed by atoms with E-state index in [9.17, 15) is 19.4 Å². The van der Waals surface area contributed by atoms with Crippen LogP contribution in [0.1, 0.15) is 277 Å². The molecule has 0 spiro atoms. The summed E-state index contributed by atoms with van der Waals surface area (Å²) in [7, 11) is 1.30. The molecule has 0 bridgehead atoms. The first-order valence-electron chi connectivity index (χ1n) is 28.2. The molecule has 0 aliphatic rings. The Morgan fingerprint density at radius 1 is 0.538 bits per heavy atom. The fourth-order valence-electron chi connectivity index (χ4n) is 8.49. The predicted octanol–water partition coefficient (Wildman–Crippen LogP) is 16.2. The molecule has 0 saturated carbocycles. The molecule has 0 aliphatic carbocycles. The number of unbranched alkanes of at least 4 members (excludes halogenated alkanes) is 35. The Morgan fingerprint density at radius 2 is 0.923 bits per heavy atom. The largest absolute Gasteiger partial charge is 0.756 e. The second kappa shape index (κ2) is 48.0. The van der Waals surface area contributed by atoms with Crippen molar-refractivity contribution < 1.29 is 32.9 Å². The Balaban J connectivity index is 4.03.